The van der Waals surface area contributed by atoms with Gasteiger partial charge in [-0.15, -0.1) is 0 Å². The fourth-order valence-corrected chi connectivity index (χ4v) is 2.39. The molecule has 0 heterocycles. The number of hydrogen-bond acceptors (Lipinski definition) is 3. The Morgan fingerprint density at radius 1 is 1.22 bits per heavy atom. The van der Waals surface area contributed by atoms with Gasteiger partial charge in [-0.25, -0.2) is 0 Å². The first-order chi connectivity index (χ1) is 8.65. The van der Waals surface area contributed by atoms with Gasteiger partial charge in [0.25, 0.3) is 0 Å². The summed E-state index contributed by atoms with van der Waals surface area (Å²) in [6.45, 7) is 1.66. The van der Waals surface area contributed by atoms with Crippen molar-refractivity contribution in [3.8, 4) is 12.1 Å². The molecule has 1 aliphatic carbocycles. The molecule has 1 aromatic rings. The topological polar surface area (TPSA) is 64.7 Å². The maximum atomic E-state index is 12.2. The molecule has 18 heavy (non-hydrogen) atoms. The van der Waals surface area contributed by atoms with Gasteiger partial charge in [-0.3, -0.25) is 4.79 Å². The highest BCUT2D eigenvalue weighted by Gasteiger charge is 2.49. The predicted molar refractivity (Wildman–Crippen MR) is 66.2 cm³/mol. The third-order valence-electron chi connectivity index (χ3n) is 3.45. The lowest BCUT2D eigenvalue weighted by atomic mass is 9.65. The van der Waals surface area contributed by atoms with Gasteiger partial charge in [0.15, 0.2) is 5.78 Å². The molecule has 3 nitrogen and oxygen atoms in total. The second-order valence-corrected chi connectivity index (χ2v) is 4.45. The number of nitriles is 2. The first-order valence-corrected chi connectivity index (χ1v) is 5.74. The Bertz CT molecular complexity index is 573. The highest BCUT2D eigenvalue weighted by molar-refractivity contribution is 6.05. The molecule has 0 N–H and O–H groups in total. The van der Waals surface area contributed by atoms with Crippen LogP contribution in [0.4, 0.5) is 0 Å². The van der Waals surface area contributed by atoms with E-state index in [2.05, 4.69) is 0 Å². The summed E-state index contributed by atoms with van der Waals surface area (Å²) in [4.78, 5) is 12.2. The number of hydrogen-bond donors (Lipinski definition) is 0. The van der Waals surface area contributed by atoms with Crippen LogP contribution in [-0.4, -0.2) is 5.78 Å². The average molecular weight is 236 g/mol. The number of Topliss-reactive ketones (excluding diaryl/α,β-unsaturated/α-hetero) is 1. The molecule has 1 aromatic carbocycles. The zero-order valence-electron chi connectivity index (χ0n) is 10.1. The Morgan fingerprint density at radius 3 is 2.39 bits per heavy atom. The van der Waals surface area contributed by atoms with Crippen molar-refractivity contribution in [3.63, 3.8) is 0 Å². The van der Waals surface area contributed by atoms with Gasteiger partial charge in [-0.1, -0.05) is 36.4 Å². The van der Waals surface area contributed by atoms with Gasteiger partial charge in [0.05, 0.1) is 12.1 Å². The molecule has 1 unspecified atom stereocenters. The number of ketones is 1. The minimum atomic E-state index is -1.58. The molecular weight excluding hydrogens is 224 g/mol. The minimum absolute atomic E-state index is 0.368. The standard InChI is InChI=1S/C15H12N2O/c1-11-7-8-13(12-5-3-2-4-6-12)15(9-16,10-17)14(11)18/h2-7,13H,8H2,1H3. The summed E-state index contributed by atoms with van der Waals surface area (Å²) in [6.07, 6.45) is 2.36. The van der Waals surface area contributed by atoms with Crippen molar-refractivity contribution in [1.29, 1.82) is 10.5 Å². The molecule has 0 fully saturated rings. The highest BCUT2D eigenvalue weighted by atomic mass is 16.1. The quantitative estimate of drug-likeness (QED) is 0.753. The summed E-state index contributed by atoms with van der Waals surface area (Å²) in [5, 5.41) is 18.7. The van der Waals surface area contributed by atoms with Crippen molar-refractivity contribution in [3.05, 3.63) is 47.5 Å². The number of carbonyl (C=O) groups excluding carboxylic acids is 1. The molecule has 0 bridgehead atoms. The van der Waals surface area contributed by atoms with Crippen molar-refractivity contribution in [1.82, 2.24) is 0 Å². The number of rotatable bonds is 1. The Hall–Kier alpha value is -2.39. The number of benzene rings is 1. The Labute approximate surface area is 106 Å². The van der Waals surface area contributed by atoms with Crippen molar-refractivity contribution >= 4 is 5.78 Å². The molecule has 0 spiro atoms. The highest BCUT2D eigenvalue weighted by Crippen LogP contribution is 2.43. The summed E-state index contributed by atoms with van der Waals surface area (Å²) >= 11 is 0. The lowest BCUT2D eigenvalue weighted by Crippen LogP contribution is -2.38. The monoisotopic (exact) mass is 236 g/mol. The van der Waals surface area contributed by atoms with Gasteiger partial charge in [0.1, 0.15) is 0 Å². The Balaban J connectivity index is 2.58. The summed E-state index contributed by atoms with van der Waals surface area (Å²) in [5.74, 6) is -0.752. The molecule has 0 aliphatic heterocycles. The van der Waals surface area contributed by atoms with Crippen molar-refractivity contribution in [2.24, 2.45) is 5.41 Å². The summed E-state index contributed by atoms with van der Waals surface area (Å²) in [6, 6.07) is 13.2. The Kier molecular flexibility index (Phi) is 3.00. The Morgan fingerprint density at radius 2 is 1.83 bits per heavy atom. The third kappa shape index (κ3) is 1.61. The smallest absolute Gasteiger partial charge is 0.212 e. The zero-order chi connectivity index (χ0) is 13.2. The molecule has 0 saturated heterocycles. The first-order valence-electron chi connectivity index (χ1n) is 5.74. The van der Waals surface area contributed by atoms with E-state index in [0.717, 1.165) is 5.56 Å². The minimum Gasteiger partial charge on any atom is -0.292 e. The second kappa shape index (κ2) is 4.47. The van der Waals surface area contributed by atoms with Crippen LogP contribution >= 0.6 is 0 Å². The fraction of sp³-hybridized carbons (Fsp3) is 0.267. The van der Waals surface area contributed by atoms with Crippen LogP contribution in [0.2, 0.25) is 0 Å². The molecule has 0 saturated carbocycles. The normalized spacial score (nSPS) is 21.6. The molecule has 88 valence electrons. The van der Waals surface area contributed by atoms with Crippen LogP contribution < -0.4 is 0 Å². The molecule has 0 amide bonds. The molecule has 1 aliphatic rings. The van der Waals surface area contributed by atoms with Gasteiger partial charge in [0, 0.05) is 5.92 Å². The fourth-order valence-electron chi connectivity index (χ4n) is 2.39. The van der Waals surface area contributed by atoms with E-state index in [0.29, 0.717) is 12.0 Å². The SMILES string of the molecule is CC1=CCC(c2ccccc2)C(C#N)(C#N)C1=O. The predicted octanol–water partition coefficient (Wildman–Crippen LogP) is 2.72. The van der Waals surface area contributed by atoms with Crippen LogP contribution in [0.1, 0.15) is 24.8 Å². The number of carbonyl (C=O) groups is 1. The lowest BCUT2D eigenvalue weighted by molar-refractivity contribution is -0.121. The van der Waals surface area contributed by atoms with Gasteiger partial charge < -0.3 is 0 Å². The van der Waals surface area contributed by atoms with Crippen molar-refractivity contribution in [2.75, 3.05) is 0 Å². The van der Waals surface area contributed by atoms with E-state index in [9.17, 15) is 15.3 Å². The summed E-state index contributed by atoms with van der Waals surface area (Å²) in [7, 11) is 0. The molecule has 0 radical (unpaired) electrons. The van der Waals surface area contributed by atoms with E-state index in [1.807, 2.05) is 48.5 Å². The van der Waals surface area contributed by atoms with E-state index in [1.54, 1.807) is 6.92 Å². The van der Waals surface area contributed by atoms with Gasteiger partial charge >= 0.3 is 0 Å². The van der Waals surface area contributed by atoms with Crippen LogP contribution in [0.15, 0.2) is 42.0 Å². The number of nitrogens with zero attached hydrogens (tertiary/aromatic N) is 2. The van der Waals surface area contributed by atoms with E-state index in [1.165, 1.54) is 0 Å². The van der Waals surface area contributed by atoms with Crippen LogP contribution in [0, 0.1) is 28.1 Å². The van der Waals surface area contributed by atoms with Crippen LogP contribution in [-0.2, 0) is 4.79 Å². The summed E-state index contributed by atoms with van der Waals surface area (Å²) < 4.78 is 0. The maximum absolute atomic E-state index is 12.2. The molecule has 3 heteroatoms. The zero-order valence-corrected chi connectivity index (χ0v) is 10.1. The van der Waals surface area contributed by atoms with E-state index < -0.39 is 5.41 Å². The van der Waals surface area contributed by atoms with Gasteiger partial charge in [0.2, 0.25) is 5.41 Å². The molecule has 0 aromatic heterocycles. The largest absolute Gasteiger partial charge is 0.292 e. The van der Waals surface area contributed by atoms with Crippen LogP contribution in [0.3, 0.4) is 0 Å². The van der Waals surface area contributed by atoms with E-state index in [4.69, 9.17) is 0 Å². The number of allylic oxidation sites excluding steroid dienone is 2. The summed E-state index contributed by atoms with van der Waals surface area (Å²) in [5.41, 5.74) is -0.219. The second-order valence-electron chi connectivity index (χ2n) is 4.45. The van der Waals surface area contributed by atoms with Crippen LogP contribution in [0.5, 0.6) is 0 Å². The third-order valence-corrected chi connectivity index (χ3v) is 3.45. The van der Waals surface area contributed by atoms with Gasteiger partial charge in [-0.2, -0.15) is 10.5 Å². The average Bonchev–Trinajstić information content (AvgIpc) is 2.43. The van der Waals surface area contributed by atoms with Crippen molar-refractivity contribution < 1.29 is 4.79 Å². The van der Waals surface area contributed by atoms with Gasteiger partial charge in [-0.05, 0) is 24.5 Å². The molecular formula is C15H12N2O. The van der Waals surface area contributed by atoms with Crippen LogP contribution in [0.25, 0.3) is 0 Å². The first kappa shape index (κ1) is 12.1. The maximum Gasteiger partial charge on any atom is 0.212 e. The van der Waals surface area contributed by atoms with Crippen molar-refractivity contribution in [2.45, 2.75) is 19.3 Å². The molecule has 2 rings (SSSR count). The van der Waals surface area contributed by atoms with E-state index >= 15 is 0 Å². The van der Waals surface area contributed by atoms with E-state index in [-0.39, 0.29) is 11.7 Å². The lowest BCUT2D eigenvalue weighted by Gasteiger charge is -2.31. The molecule has 1 atom stereocenters.